The van der Waals surface area contributed by atoms with E-state index < -0.39 is 28.5 Å². The lowest BCUT2D eigenvalue weighted by Crippen LogP contribution is -2.51. The number of halogens is 2. The van der Waals surface area contributed by atoms with Crippen LogP contribution >= 0.6 is 23.2 Å². The van der Waals surface area contributed by atoms with Gasteiger partial charge in [-0.15, -0.1) is 0 Å². The predicted molar refractivity (Wildman–Crippen MR) is 130 cm³/mol. The fourth-order valence-corrected chi connectivity index (χ4v) is 4.34. The molecule has 0 aliphatic carbocycles. The van der Waals surface area contributed by atoms with Crippen molar-refractivity contribution in [1.82, 2.24) is 10.2 Å². The van der Waals surface area contributed by atoms with Gasteiger partial charge in [-0.1, -0.05) is 41.4 Å². The number of para-hydroxylation sites is 2. The van der Waals surface area contributed by atoms with Crippen LogP contribution in [0.15, 0.2) is 42.5 Å². The van der Waals surface area contributed by atoms with Gasteiger partial charge in [0.15, 0.2) is 0 Å². The molecule has 0 saturated heterocycles. The van der Waals surface area contributed by atoms with E-state index in [9.17, 15) is 18.0 Å². The van der Waals surface area contributed by atoms with E-state index in [4.69, 9.17) is 27.9 Å². The minimum Gasteiger partial charge on any atom is -0.495 e. The quantitative estimate of drug-likeness (QED) is 0.523. The second kappa shape index (κ2) is 11.6. The van der Waals surface area contributed by atoms with Gasteiger partial charge in [0.25, 0.3) is 0 Å². The SMILES string of the molecule is CCNC(=O)C(C)N(Cc1ccc(Cl)c(Cl)c1)C(=O)CN(c1ccccc1OC)S(C)(=O)=O. The van der Waals surface area contributed by atoms with Gasteiger partial charge in [-0.2, -0.15) is 0 Å². The summed E-state index contributed by atoms with van der Waals surface area (Å²) in [4.78, 5) is 27.3. The van der Waals surface area contributed by atoms with Crippen LogP contribution in [0.25, 0.3) is 0 Å². The molecule has 1 unspecified atom stereocenters. The average Bonchev–Trinajstić information content (AvgIpc) is 2.76. The second-order valence-corrected chi connectivity index (χ2v) is 10.0. The molecule has 2 aromatic carbocycles. The summed E-state index contributed by atoms with van der Waals surface area (Å²) in [6, 6.07) is 10.5. The summed E-state index contributed by atoms with van der Waals surface area (Å²) < 4.78 is 31.4. The van der Waals surface area contributed by atoms with Gasteiger partial charge in [-0.05, 0) is 43.7 Å². The number of carbonyl (C=O) groups excluding carboxylic acids is 2. The molecule has 0 fully saturated rings. The van der Waals surface area contributed by atoms with Gasteiger partial charge in [0.05, 0.1) is 29.1 Å². The van der Waals surface area contributed by atoms with Crippen LogP contribution in [0.2, 0.25) is 10.0 Å². The number of hydrogen-bond acceptors (Lipinski definition) is 5. The number of nitrogens with one attached hydrogen (secondary N) is 1. The summed E-state index contributed by atoms with van der Waals surface area (Å²) in [5, 5.41) is 3.35. The van der Waals surface area contributed by atoms with Crippen molar-refractivity contribution >= 4 is 50.7 Å². The van der Waals surface area contributed by atoms with Crippen molar-refractivity contribution in [1.29, 1.82) is 0 Å². The van der Waals surface area contributed by atoms with Gasteiger partial charge < -0.3 is 15.0 Å². The van der Waals surface area contributed by atoms with Crippen LogP contribution in [-0.4, -0.2) is 57.6 Å². The number of likely N-dealkylation sites (N-methyl/N-ethyl adjacent to an activating group) is 1. The third-order valence-corrected chi connectivity index (χ3v) is 6.75. The second-order valence-electron chi connectivity index (χ2n) is 7.28. The van der Waals surface area contributed by atoms with Crippen molar-refractivity contribution in [2.24, 2.45) is 0 Å². The Labute approximate surface area is 204 Å². The van der Waals surface area contributed by atoms with E-state index in [0.717, 1.165) is 10.6 Å². The van der Waals surface area contributed by atoms with Gasteiger partial charge >= 0.3 is 0 Å². The molecule has 0 heterocycles. The van der Waals surface area contributed by atoms with E-state index in [1.165, 1.54) is 12.0 Å². The lowest BCUT2D eigenvalue weighted by Gasteiger charge is -2.31. The smallest absolute Gasteiger partial charge is 0.244 e. The maximum absolute atomic E-state index is 13.4. The monoisotopic (exact) mass is 515 g/mol. The minimum absolute atomic E-state index is 0.0253. The standard InChI is InChI=1S/C22H27Cl2N3O5S/c1-5-25-22(29)15(2)26(13-16-10-11-17(23)18(24)12-16)21(28)14-27(33(4,30)31)19-8-6-7-9-20(19)32-3/h6-12,15H,5,13-14H2,1-4H3,(H,25,29). The first-order chi connectivity index (χ1) is 15.5. The number of hydrogen-bond donors (Lipinski definition) is 1. The summed E-state index contributed by atoms with van der Waals surface area (Å²) in [6.45, 7) is 3.23. The highest BCUT2D eigenvalue weighted by molar-refractivity contribution is 7.92. The third-order valence-electron chi connectivity index (χ3n) is 4.89. The molecule has 0 aliphatic rings. The number of rotatable bonds is 10. The van der Waals surface area contributed by atoms with E-state index in [-0.39, 0.29) is 18.1 Å². The molecule has 0 aromatic heterocycles. The van der Waals surface area contributed by atoms with Crippen molar-refractivity contribution in [3.8, 4) is 5.75 Å². The average molecular weight is 516 g/mol. The molecule has 2 rings (SSSR count). The third kappa shape index (κ3) is 6.99. The van der Waals surface area contributed by atoms with E-state index in [1.807, 2.05) is 0 Å². The molecule has 8 nitrogen and oxygen atoms in total. The van der Waals surface area contributed by atoms with Crippen LogP contribution in [0.4, 0.5) is 5.69 Å². The first kappa shape index (κ1) is 26.8. The van der Waals surface area contributed by atoms with Crippen LogP contribution in [0, 0.1) is 0 Å². The van der Waals surface area contributed by atoms with Gasteiger partial charge in [0.1, 0.15) is 18.3 Å². The fraction of sp³-hybridized carbons (Fsp3) is 0.364. The Kier molecular flexibility index (Phi) is 9.39. The van der Waals surface area contributed by atoms with Crippen LogP contribution in [0.1, 0.15) is 19.4 Å². The molecule has 11 heteroatoms. The molecule has 0 aliphatic heterocycles. The summed E-state index contributed by atoms with van der Waals surface area (Å²) in [5.41, 5.74) is 0.855. The summed E-state index contributed by atoms with van der Waals surface area (Å²) in [5.74, 6) is -0.645. The molecule has 0 bridgehead atoms. The topological polar surface area (TPSA) is 96.0 Å². The molecule has 1 N–H and O–H groups in total. The number of benzene rings is 2. The van der Waals surface area contributed by atoms with Gasteiger partial charge in [0.2, 0.25) is 21.8 Å². The van der Waals surface area contributed by atoms with Gasteiger partial charge in [-0.25, -0.2) is 8.42 Å². The lowest BCUT2D eigenvalue weighted by molar-refractivity contribution is -0.139. The number of methoxy groups -OCH3 is 1. The van der Waals surface area contributed by atoms with E-state index in [0.29, 0.717) is 27.9 Å². The van der Waals surface area contributed by atoms with Crippen molar-refractivity contribution in [2.45, 2.75) is 26.4 Å². The van der Waals surface area contributed by atoms with Crippen LogP contribution in [-0.2, 0) is 26.2 Å². The highest BCUT2D eigenvalue weighted by Gasteiger charge is 2.31. The van der Waals surface area contributed by atoms with Crippen molar-refractivity contribution in [2.75, 3.05) is 30.8 Å². The van der Waals surface area contributed by atoms with E-state index >= 15 is 0 Å². The Hall–Kier alpha value is -2.49. The van der Waals surface area contributed by atoms with Crippen LogP contribution in [0.3, 0.4) is 0 Å². The fourth-order valence-electron chi connectivity index (χ4n) is 3.17. The Morgan fingerprint density at radius 3 is 2.36 bits per heavy atom. The summed E-state index contributed by atoms with van der Waals surface area (Å²) in [6.07, 6.45) is 1.00. The number of ether oxygens (including phenoxy) is 1. The predicted octanol–water partition coefficient (Wildman–Crippen LogP) is 3.32. The Bertz CT molecular complexity index is 1110. The first-order valence-electron chi connectivity index (χ1n) is 10.1. The Balaban J connectivity index is 2.44. The lowest BCUT2D eigenvalue weighted by atomic mass is 10.1. The molecular formula is C22H27Cl2N3O5S. The Morgan fingerprint density at radius 1 is 1.12 bits per heavy atom. The molecular weight excluding hydrogens is 489 g/mol. The summed E-state index contributed by atoms with van der Waals surface area (Å²) >= 11 is 12.1. The maximum atomic E-state index is 13.4. The molecule has 0 radical (unpaired) electrons. The molecule has 2 aromatic rings. The van der Waals surface area contributed by atoms with Crippen molar-refractivity contribution in [3.63, 3.8) is 0 Å². The number of amides is 2. The molecule has 0 spiro atoms. The number of anilines is 1. The molecule has 2 amide bonds. The first-order valence-corrected chi connectivity index (χ1v) is 12.7. The van der Waals surface area contributed by atoms with Gasteiger partial charge in [-0.3, -0.25) is 13.9 Å². The zero-order chi connectivity index (χ0) is 24.8. The van der Waals surface area contributed by atoms with Crippen molar-refractivity contribution < 1.29 is 22.7 Å². The minimum atomic E-state index is -3.85. The molecule has 1 atom stereocenters. The normalized spacial score (nSPS) is 12.1. The van der Waals surface area contributed by atoms with Crippen molar-refractivity contribution in [3.05, 3.63) is 58.1 Å². The van der Waals surface area contributed by atoms with Crippen LogP contribution < -0.4 is 14.4 Å². The van der Waals surface area contributed by atoms with E-state index in [2.05, 4.69) is 5.32 Å². The number of sulfonamides is 1. The maximum Gasteiger partial charge on any atom is 0.244 e. The summed E-state index contributed by atoms with van der Waals surface area (Å²) in [7, 11) is -2.44. The van der Waals surface area contributed by atoms with Crippen LogP contribution in [0.5, 0.6) is 5.75 Å². The number of carbonyl (C=O) groups is 2. The molecule has 0 saturated carbocycles. The highest BCUT2D eigenvalue weighted by Crippen LogP contribution is 2.30. The zero-order valence-corrected chi connectivity index (χ0v) is 21.2. The molecule has 33 heavy (non-hydrogen) atoms. The largest absolute Gasteiger partial charge is 0.495 e. The zero-order valence-electron chi connectivity index (χ0n) is 18.8. The highest BCUT2D eigenvalue weighted by atomic mass is 35.5. The van der Waals surface area contributed by atoms with E-state index in [1.54, 1.807) is 56.3 Å². The van der Waals surface area contributed by atoms with Gasteiger partial charge in [0, 0.05) is 13.1 Å². The number of nitrogens with zero attached hydrogens (tertiary/aromatic N) is 2. The Morgan fingerprint density at radius 2 is 1.79 bits per heavy atom. The molecule has 180 valence electrons.